The second-order valence-corrected chi connectivity index (χ2v) is 4.66. The molecule has 6 heteroatoms. The number of nitrogens with zero attached hydrogens (tertiary/aromatic N) is 2. The molecule has 14 heavy (non-hydrogen) atoms. The smallest absolute Gasteiger partial charge is 0.347 e. The van der Waals surface area contributed by atoms with E-state index in [-0.39, 0.29) is 0 Å². The number of imidazole rings is 1. The summed E-state index contributed by atoms with van der Waals surface area (Å²) in [6, 6.07) is 0. The van der Waals surface area contributed by atoms with Crippen LogP contribution in [0.25, 0.3) is 4.96 Å². The standard InChI is InChI=1S/C8H7BrN2O2S/c1-3-6(9)11-4(2)5(7(12)13)14-8(11)10-3/h1-2H3,(H,12,13). The van der Waals surface area contributed by atoms with Crippen LogP contribution in [0.4, 0.5) is 0 Å². The molecule has 2 aromatic rings. The van der Waals surface area contributed by atoms with Gasteiger partial charge in [-0.25, -0.2) is 9.78 Å². The summed E-state index contributed by atoms with van der Waals surface area (Å²) in [6.07, 6.45) is 0. The summed E-state index contributed by atoms with van der Waals surface area (Å²) >= 11 is 4.57. The molecular weight excluding hydrogens is 268 g/mol. The summed E-state index contributed by atoms with van der Waals surface area (Å²) in [6.45, 7) is 3.66. The van der Waals surface area contributed by atoms with Crippen molar-refractivity contribution in [3.63, 3.8) is 0 Å². The van der Waals surface area contributed by atoms with Gasteiger partial charge in [0.15, 0.2) is 4.96 Å². The van der Waals surface area contributed by atoms with Crippen LogP contribution >= 0.6 is 27.3 Å². The number of halogens is 1. The number of hydrogen-bond donors (Lipinski definition) is 1. The van der Waals surface area contributed by atoms with Crippen molar-refractivity contribution in [3.05, 3.63) is 20.9 Å². The molecule has 0 atom stereocenters. The molecule has 4 nitrogen and oxygen atoms in total. The first-order valence-corrected chi connectivity index (χ1v) is 5.50. The van der Waals surface area contributed by atoms with Crippen LogP contribution in [-0.2, 0) is 0 Å². The molecule has 74 valence electrons. The normalized spacial score (nSPS) is 11.1. The average Bonchev–Trinajstić information content (AvgIpc) is 2.54. The molecule has 0 amide bonds. The van der Waals surface area contributed by atoms with E-state index in [2.05, 4.69) is 20.9 Å². The van der Waals surface area contributed by atoms with E-state index in [0.29, 0.717) is 15.5 Å². The van der Waals surface area contributed by atoms with Gasteiger partial charge in [-0.2, -0.15) is 0 Å². The lowest BCUT2D eigenvalue weighted by Gasteiger charge is -1.94. The fourth-order valence-corrected chi connectivity index (χ4v) is 2.96. The molecule has 0 saturated heterocycles. The van der Waals surface area contributed by atoms with E-state index >= 15 is 0 Å². The summed E-state index contributed by atoms with van der Waals surface area (Å²) in [5.74, 6) is -0.900. The Hall–Kier alpha value is -0.880. The first-order chi connectivity index (χ1) is 6.52. The Morgan fingerprint density at radius 1 is 1.57 bits per heavy atom. The number of rotatable bonds is 1. The second kappa shape index (κ2) is 3.06. The number of carboxylic acids is 1. The Morgan fingerprint density at radius 3 is 2.71 bits per heavy atom. The van der Waals surface area contributed by atoms with Gasteiger partial charge in [0, 0.05) is 5.69 Å². The van der Waals surface area contributed by atoms with Crippen LogP contribution in [0.5, 0.6) is 0 Å². The molecule has 1 N–H and O–H groups in total. The van der Waals surface area contributed by atoms with E-state index in [4.69, 9.17) is 5.11 Å². The fraction of sp³-hybridized carbons (Fsp3) is 0.250. The summed E-state index contributed by atoms with van der Waals surface area (Å²) in [4.78, 5) is 16.1. The monoisotopic (exact) mass is 274 g/mol. The van der Waals surface area contributed by atoms with E-state index in [0.717, 1.165) is 10.3 Å². The molecule has 2 rings (SSSR count). The summed E-state index contributed by atoms with van der Waals surface area (Å²) in [5, 5.41) is 8.90. The largest absolute Gasteiger partial charge is 0.477 e. The van der Waals surface area contributed by atoms with Crippen LogP contribution in [0.15, 0.2) is 4.60 Å². The zero-order valence-corrected chi connectivity index (χ0v) is 9.94. The number of carboxylic acid groups (broad SMARTS) is 1. The average molecular weight is 275 g/mol. The van der Waals surface area contributed by atoms with Crippen LogP contribution in [-0.4, -0.2) is 20.5 Å². The highest BCUT2D eigenvalue weighted by atomic mass is 79.9. The van der Waals surface area contributed by atoms with Crippen molar-refractivity contribution in [1.29, 1.82) is 0 Å². The molecule has 0 aliphatic rings. The minimum atomic E-state index is -0.900. The number of aryl methyl sites for hydroxylation is 2. The first kappa shape index (κ1) is 9.67. The van der Waals surface area contributed by atoms with Crippen LogP contribution < -0.4 is 0 Å². The maximum atomic E-state index is 10.8. The highest BCUT2D eigenvalue weighted by molar-refractivity contribution is 9.10. The van der Waals surface area contributed by atoms with Gasteiger partial charge in [-0.1, -0.05) is 11.3 Å². The SMILES string of the molecule is Cc1nc2sc(C(=O)O)c(C)n2c1Br. The third kappa shape index (κ3) is 1.18. The van der Waals surface area contributed by atoms with Crippen molar-refractivity contribution >= 4 is 38.2 Å². The zero-order valence-electron chi connectivity index (χ0n) is 7.54. The maximum absolute atomic E-state index is 10.8. The lowest BCUT2D eigenvalue weighted by molar-refractivity contribution is 0.0701. The molecule has 2 heterocycles. The van der Waals surface area contributed by atoms with Crippen molar-refractivity contribution in [2.24, 2.45) is 0 Å². The fourth-order valence-electron chi connectivity index (χ4n) is 1.31. The molecule has 0 unspecified atom stereocenters. The van der Waals surface area contributed by atoms with Crippen molar-refractivity contribution < 1.29 is 9.90 Å². The minimum absolute atomic E-state index is 0.341. The Kier molecular flexibility index (Phi) is 2.11. The van der Waals surface area contributed by atoms with E-state index < -0.39 is 5.97 Å². The predicted molar refractivity (Wildman–Crippen MR) is 57.2 cm³/mol. The molecule has 0 fully saturated rings. The molecule has 0 bridgehead atoms. The lowest BCUT2D eigenvalue weighted by atomic mass is 10.4. The number of fused-ring (bicyclic) bond motifs is 1. The van der Waals surface area contributed by atoms with Gasteiger partial charge in [0.05, 0.1) is 5.69 Å². The van der Waals surface area contributed by atoms with Gasteiger partial charge in [-0.3, -0.25) is 4.40 Å². The van der Waals surface area contributed by atoms with E-state index in [9.17, 15) is 4.79 Å². The van der Waals surface area contributed by atoms with Crippen molar-refractivity contribution in [1.82, 2.24) is 9.38 Å². The quantitative estimate of drug-likeness (QED) is 0.869. The number of aromatic nitrogens is 2. The van der Waals surface area contributed by atoms with Gasteiger partial charge in [0.1, 0.15) is 9.48 Å². The first-order valence-electron chi connectivity index (χ1n) is 3.89. The van der Waals surface area contributed by atoms with Gasteiger partial charge >= 0.3 is 5.97 Å². The summed E-state index contributed by atoms with van der Waals surface area (Å²) in [7, 11) is 0. The maximum Gasteiger partial charge on any atom is 0.347 e. The molecule has 0 radical (unpaired) electrons. The second-order valence-electron chi connectivity index (χ2n) is 2.93. The summed E-state index contributed by atoms with van der Waals surface area (Å²) in [5.41, 5.74) is 1.58. The highest BCUT2D eigenvalue weighted by Crippen LogP contribution is 2.28. The molecular formula is C8H7BrN2O2S. The highest BCUT2D eigenvalue weighted by Gasteiger charge is 2.18. The van der Waals surface area contributed by atoms with Crippen molar-refractivity contribution in [3.8, 4) is 0 Å². The molecule has 0 spiro atoms. The van der Waals surface area contributed by atoms with Crippen molar-refractivity contribution in [2.75, 3.05) is 0 Å². The number of aromatic carboxylic acids is 1. The third-order valence-corrected chi connectivity index (χ3v) is 4.06. The van der Waals surface area contributed by atoms with Crippen LogP contribution in [0.3, 0.4) is 0 Å². The van der Waals surface area contributed by atoms with Crippen LogP contribution in [0, 0.1) is 13.8 Å². The Balaban J connectivity index is 2.84. The Morgan fingerprint density at radius 2 is 2.21 bits per heavy atom. The zero-order chi connectivity index (χ0) is 10.5. The number of carbonyl (C=O) groups is 1. The van der Waals surface area contributed by atoms with Gasteiger partial charge in [0.2, 0.25) is 0 Å². The third-order valence-electron chi connectivity index (χ3n) is 2.00. The summed E-state index contributed by atoms with van der Waals surface area (Å²) < 4.78 is 2.64. The molecule has 0 aliphatic carbocycles. The van der Waals surface area contributed by atoms with Gasteiger partial charge in [0.25, 0.3) is 0 Å². The van der Waals surface area contributed by atoms with Gasteiger partial charge in [-0.15, -0.1) is 0 Å². The van der Waals surface area contributed by atoms with E-state index in [1.807, 2.05) is 11.3 Å². The number of hydrogen-bond acceptors (Lipinski definition) is 3. The molecule has 0 aliphatic heterocycles. The molecule has 0 saturated carbocycles. The van der Waals surface area contributed by atoms with Gasteiger partial charge in [-0.05, 0) is 29.8 Å². The van der Waals surface area contributed by atoms with E-state index in [1.165, 1.54) is 11.3 Å². The topological polar surface area (TPSA) is 54.6 Å². The molecule has 2 aromatic heterocycles. The van der Waals surface area contributed by atoms with Crippen LogP contribution in [0.1, 0.15) is 21.1 Å². The Bertz CT molecular complexity index is 529. The Labute approximate surface area is 92.3 Å². The molecule has 0 aromatic carbocycles. The lowest BCUT2D eigenvalue weighted by Crippen LogP contribution is -1.97. The van der Waals surface area contributed by atoms with Crippen molar-refractivity contribution in [2.45, 2.75) is 13.8 Å². The number of thiazole rings is 1. The minimum Gasteiger partial charge on any atom is -0.477 e. The van der Waals surface area contributed by atoms with Gasteiger partial charge < -0.3 is 5.11 Å². The van der Waals surface area contributed by atoms with Crippen LogP contribution in [0.2, 0.25) is 0 Å². The van der Waals surface area contributed by atoms with E-state index in [1.54, 1.807) is 6.92 Å². The predicted octanol–water partition coefficient (Wildman–Crippen LogP) is 2.47.